The van der Waals surface area contributed by atoms with Crippen LogP contribution in [0.15, 0.2) is 72.8 Å². The molecule has 5 aromatic carbocycles. The summed E-state index contributed by atoms with van der Waals surface area (Å²) in [6, 6.07) is 23.9. The Balaban J connectivity index is 0.00000156. The van der Waals surface area contributed by atoms with Crippen molar-refractivity contribution in [3.05, 3.63) is 117 Å². The molecule has 4 bridgehead atoms. The van der Waals surface area contributed by atoms with E-state index in [1.807, 2.05) is 48.5 Å². The molecule has 0 amide bonds. The van der Waals surface area contributed by atoms with Crippen molar-refractivity contribution < 1.29 is 93.4 Å². The zero-order chi connectivity index (χ0) is 28.7. The predicted molar refractivity (Wildman–Crippen MR) is 152 cm³/mol. The number of benzene rings is 5. The van der Waals surface area contributed by atoms with Gasteiger partial charge in [0, 0.05) is 45.9 Å². The van der Waals surface area contributed by atoms with E-state index in [0.29, 0.717) is 35.1 Å². The molecular weight excluding hydrogens is 622 g/mol. The van der Waals surface area contributed by atoms with Crippen molar-refractivity contribution in [1.29, 1.82) is 0 Å². The molecule has 0 aliphatic heterocycles. The molecule has 0 radical (unpaired) electrons. The smallest absolute Gasteiger partial charge is 0.716 e. The zero-order valence-electron chi connectivity index (χ0n) is 23.7. The van der Waals surface area contributed by atoms with Crippen LogP contribution in [0.5, 0.6) is 11.5 Å². The maximum atomic E-state index is 12.2. The average Bonchev–Trinajstić information content (AvgIpc) is 3.69. The Hall–Kier alpha value is -1.96. The standard InChI is InChI=1S/C32H22O8S2.2Na/c33-41(34,35)39-31-27-23-13-24(20-10-16-6-2-1-5-15(16)9-19(20)23)28(27)32(40-42(36,37)38)30-26-14-25(29(30)31)21-11-17-7-3-4-8-18(17)12-22(21)26;;/h1-12,23-26H,13-14H2,(H,33,34,35)(H,36,37,38);;/q;2*+1/p-2/t23-,24+,25-,26+;;. The van der Waals surface area contributed by atoms with Gasteiger partial charge in [-0.2, -0.15) is 0 Å². The molecule has 0 aromatic heterocycles. The SMILES string of the molecule is O=S(=O)([O-])Oc1c2c(c(OS(=O)(=O)[O-])c3c1[C@@H]1C[C@H]3c3cc4ccccc4cc31)[C@H]1C[C@@H]2c2cc3ccccc3cc21.[Na+].[Na+]. The van der Waals surface area contributed by atoms with Crippen molar-refractivity contribution in [2.45, 2.75) is 36.5 Å². The van der Waals surface area contributed by atoms with Crippen LogP contribution >= 0.6 is 0 Å². The molecule has 0 spiro atoms. The molecule has 0 heterocycles. The first-order chi connectivity index (χ1) is 20.1. The molecule has 0 N–H and O–H groups in total. The summed E-state index contributed by atoms with van der Waals surface area (Å²) in [5, 5.41) is 4.01. The van der Waals surface area contributed by atoms with Gasteiger partial charge in [0.25, 0.3) is 20.8 Å². The largest absolute Gasteiger partial charge is 1.00 e. The van der Waals surface area contributed by atoms with Crippen LogP contribution in [-0.2, 0) is 20.8 Å². The Morgan fingerprint density at radius 1 is 0.500 bits per heavy atom. The molecule has 5 aromatic rings. The third-order valence-corrected chi connectivity index (χ3v) is 10.4. The van der Waals surface area contributed by atoms with Crippen molar-refractivity contribution >= 4 is 42.3 Å². The van der Waals surface area contributed by atoms with Crippen LogP contribution < -0.4 is 67.5 Å². The molecule has 12 heteroatoms. The minimum atomic E-state index is -5.20. The van der Waals surface area contributed by atoms with Crippen LogP contribution in [-0.4, -0.2) is 25.9 Å². The average molecular weight is 643 g/mol. The van der Waals surface area contributed by atoms with E-state index in [2.05, 4.69) is 24.3 Å². The van der Waals surface area contributed by atoms with E-state index in [0.717, 1.165) is 43.8 Å². The van der Waals surface area contributed by atoms with Crippen molar-refractivity contribution in [1.82, 2.24) is 0 Å². The van der Waals surface area contributed by atoms with E-state index >= 15 is 0 Å². The van der Waals surface area contributed by atoms with Crippen LogP contribution in [0.4, 0.5) is 0 Å². The molecule has 4 atom stereocenters. The minimum Gasteiger partial charge on any atom is -0.716 e. The minimum absolute atomic E-state index is 0. The molecule has 0 saturated heterocycles. The van der Waals surface area contributed by atoms with Crippen LogP contribution in [0.25, 0.3) is 21.5 Å². The van der Waals surface area contributed by atoms with Crippen LogP contribution in [0, 0.1) is 0 Å². The Morgan fingerprint density at radius 3 is 0.977 bits per heavy atom. The summed E-state index contributed by atoms with van der Waals surface area (Å²) in [5.41, 5.74) is 5.55. The first-order valence-corrected chi connectivity index (χ1v) is 16.3. The van der Waals surface area contributed by atoms with Gasteiger partial charge < -0.3 is 17.5 Å². The van der Waals surface area contributed by atoms with E-state index in [9.17, 15) is 25.9 Å². The summed E-state index contributed by atoms with van der Waals surface area (Å²) < 4.78 is 83.9. The summed E-state index contributed by atoms with van der Waals surface area (Å²) in [6.07, 6.45) is 1.03. The van der Waals surface area contributed by atoms with Gasteiger partial charge in [0.2, 0.25) is 0 Å². The van der Waals surface area contributed by atoms with E-state index in [-0.39, 0.29) is 94.3 Å². The fraction of sp³-hybridized carbons (Fsp3) is 0.188. The molecule has 210 valence electrons. The molecule has 44 heavy (non-hydrogen) atoms. The van der Waals surface area contributed by atoms with Gasteiger partial charge in [-0.15, -0.1) is 0 Å². The normalized spacial score (nSPS) is 21.7. The van der Waals surface area contributed by atoms with Gasteiger partial charge in [-0.3, -0.25) is 0 Å². The second kappa shape index (κ2) is 10.3. The summed E-state index contributed by atoms with van der Waals surface area (Å²) >= 11 is 0. The Kier molecular flexibility index (Phi) is 7.16. The second-order valence-electron chi connectivity index (χ2n) is 11.6. The van der Waals surface area contributed by atoms with Gasteiger partial charge in [-0.25, -0.2) is 16.8 Å². The monoisotopic (exact) mass is 642 g/mol. The maximum Gasteiger partial charge on any atom is 1.00 e. The van der Waals surface area contributed by atoms with Gasteiger partial charge in [0.15, 0.2) is 0 Å². The molecule has 0 saturated carbocycles. The number of fused-ring (bicyclic) bond motifs is 18. The Labute approximate surface area is 298 Å². The van der Waals surface area contributed by atoms with Crippen LogP contribution in [0.2, 0.25) is 0 Å². The van der Waals surface area contributed by atoms with E-state index in [1.54, 1.807) is 0 Å². The number of hydrogen-bond acceptors (Lipinski definition) is 8. The van der Waals surface area contributed by atoms with Gasteiger partial charge >= 0.3 is 59.1 Å². The van der Waals surface area contributed by atoms with E-state index in [1.165, 1.54) is 0 Å². The molecule has 4 aliphatic rings. The summed E-state index contributed by atoms with van der Waals surface area (Å²) in [4.78, 5) is 0. The third-order valence-electron chi connectivity index (χ3n) is 9.67. The Bertz CT molecular complexity index is 2020. The third kappa shape index (κ3) is 4.38. The fourth-order valence-electron chi connectivity index (χ4n) is 8.38. The van der Waals surface area contributed by atoms with Crippen molar-refractivity contribution in [3.8, 4) is 11.5 Å². The Morgan fingerprint density at radius 2 is 0.750 bits per heavy atom. The van der Waals surface area contributed by atoms with E-state index < -0.39 is 20.8 Å². The summed E-state index contributed by atoms with van der Waals surface area (Å²) in [5.74, 6) is -1.53. The van der Waals surface area contributed by atoms with Crippen LogP contribution in [0.1, 0.15) is 81.0 Å². The van der Waals surface area contributed by atoms with Gasteiger partial charge in [0.1, 0.15) is 11.5 Å². The van der Waals surface area contributed by atoms with Crippen molar-refractivity contribution in [3.63, 3.8) is 0 Å². The zero-order valence-corrected chi connectivity index (χ0v) is 29.4. The number of hydrogen-bond donors (Lipinski definition) is 0. The first-order valence-electron chi connectivity index (χ1n) is 13.6. The summed E-state index contributed by atoms with van der Waals surface area (Å²) in [6.45, 7) is 0. The molecule has 0 fully saturated rings. The van der Waals surface area contributed by atoms with Crippen molar-refractivity contribution in [2.75, 3.05) is 0 Å². The molecule has 8 nitrogen and oxygen atoms in total. The predicted octanol–water partition coefficient (Wildman–Crippen LogP) is -0.359. The molecule has 0 unspecified atom stereocenters. The maximum absolute atomic E-state index is 12.2. The quantitative estimate of drug-likeness (QED) is 0.148. The van der Waals surface area contributed by atoms with Crippen molar-refractivity contribution in [2.24, 2.45) is 0 Å². The first kappa shape index (κ1) is 30.7. The van der Waals surface area contributed by atoms with Crippen LogP contribution in [0.3, 0.4) is 0 Å². The second-order valence-corrected chi connectivity index (χ2v) is 13.6. The van der Waals surface area contributed by atoms with Gasteiger partial charge in [-0.05, 0) is 56.6 Å². The molecular formula is C32H20Na2O8S2. The molecule has 9 rings (SSSR count). The van der Waals surface area contributed by atoms with Gasteiger partial charge in [-0.1, -0.05) is 72.8 Å². The fourth-order valence-corrected chi connectivity index (χ4v) is 9.15. The topological polar surface area (TPSA) is 133 Å². The van der Waals surface area contributed by atoms with E-state index in [4.69, 9.17) is 8.37 Å². The van der Waals surface area contributed by atoms with Gasteiger partial charge in [0.05, 0.1) is 0 Å². The number of rotatable bonds is 4. The molecule has 4 aliphatic carbocycles. The summed E-state index contributed by atoms with van der Waals surface area (Å²) in [7, 11) is -10.4.